The molecule has 5 nitrogen and oxygen atoms in total. The first-order chi connectivity index (χ1) is 12.3. The number of amidine groups is 1. The highest BCUT2D eigenvalue weighted by atomic mass is 19.4. The van der Waals surface area contributed by atoms with Gasteiger partial charge in [0.2, 0.25) is 0 Å². The van der Waals surface area contributed by atoms with Crippen LogP contribution in [0.2, 0.25) is 0 Å². The number of ketones is 1. The largest absolute Gasteiger partial charge is 0.408 e. The van der Waals surface area contributed by atoms with Crippen LogP contribution in [0.3, 0.4) is 0 Å². The molecule has 0 saturated heterocycles. The van der Waals surface area contributed by atoms with Crippen molar-refractivity contribution in [2.75, 3.05) is 13.1 Å². The van der Waals surface area contributed by atoms with E-state index in [-0.39, 0.29) is 18.2 Å². The Hall–Kier alpha value is -3.16. The predicted molar refractivity (Wildman–Crippen MR) is 88.6 cm³/mol. The molecule has 26 heavy (non-hydrogen) atoms. The maximum atomic E-state index is 12.6. The maximum Gasteiger partial charge on any atom is 0.408 e. The summed E-state index contributed by atoms with van der Waals surface area (Å²) in [5.41, 5.74) is 1.29. The van der Waals surface area contributed by atoms with Crippen LogP contribution in [0.15, 0.2) is 59.7 Å². The third-order valence-corrected chi connectivity index (χ3v) is 3.68. The van der Waals surface area contributed by atoms with Crippen molar-refractivity contribution in [3.05, 3.63) is 71.3 Å². The van der Waals surface area contributed by atoms with Gasteiger partial charge in [-0.25, -0.2) is 5.01 Å². The van der Waals surface area contributed by atoms with E-state index in [1.54, 1.807) is 48.5 Å². The molecule has 0 radical (unpaired) electrons. The van der Waals surface area contributed by atoms with E-state index in [9.17, 15) is 22.8 Å². The fraction of sp³-hybridized carbons (Fsp3) is 0.167. The summed E-state index contributed by atoms with van der Waals surface area (Å²) in [4.78, 5) is 24.1. The molecule has 2 aromatic carbocycles. The number of hydrogen-bond acceptors (Lipinski definition) is 4. The molecule has 134 valence electrons. The van der Waals surface area contributed by atoms with E-state index < -0.39 is 18.6 Å². The van der Waals surface area contributed by atoms with Gasteiger partial charge in [-0.15, -0.1) is 0 Å². The molecule has 1 aliphatic heterocycles. The highest BCUT2D eigenvalue weighted by molar-refractivity contribution is 6.11. The molecular formula is C18H14F3N3O2. The summed E-state index contributed by atoms with van der Waals surface area (Å²) < 4.78 is 37.7. The van der Waals surface area contributed by atoms with E-state index in [1.807, 2.05) is 0 Å². The van der Waals surface area contributed by atoms with Gasteiger partial charge in [0.05, 0.1) is 6.54 Å². The lowest BCUT2D eigenvalue weighted by atomic mass is 10.0. The Bertz CT molecular complexity index is 863. The number of halogens is 3. The smallest absolute Gasteiger partial charge is 0.359 e. The number of nitrogens with zero attached hydrogens (tertiary/aromatic N) is 2. The van der Waals surface area contributed by atoms with Crippen molar-refractivity contribution in [1.29, 1.82) is 0 Å². The first-order valence-electron chi connectivity index (χ1n) is 7.73. The van der Waals surface area contributed by atoms with Crippen molar-refractivity contribution >= 4 is 17.5 Å². The summed E-state index contributed by atoms with van der Waals surface area (Å²) in [5, 5.41) is 6.82. The summed E-state index contributed by atoms with van der Waals surface area (Å²) >= 11 is 0. The van der Waals surface area contributed by atoms with E-state index in [0.29, 0.717) is 21.7 Å². The van der Waals surface area contributed by atoms with Crippen LogP contribution in [0.4, 0.5) is 13.2 Å². The quantitative estimate of drug-likeness (QED) is 0.852. The third kappa shape index (κ3) is 4.08. The van der Waals surface area contributed by atoms with Crippen LogP contribution in [-0.2, 0) is 4.79 Å². The second-order valence-corrected chi connectivity index (χ2v) is 5.64. The first-order valence-corrected chi connectivity index (χ1v) is 7.73. The third-order valence-electron chi connectivity index (χ3n) is 3.68. The number of benzene rings is 2. The minimum atomic E-state index is -4.55. The number of rotatable bonds is 4. The van der Waals surface area contributed by atoms with Gasteiger partial charge in [0.15, 0.2) is 11.6 Å². The Balaban J connectivity index is 1.89. The Kier molecular flexibility index (Phi) is 4.75. The molecule has 1 heterocycles. The molecule has 0 unspecified atom stereocenters. The van der Waals surface area contributed by atoms with Crippen LogP contribution >= 0.6 is 0 Å². The molecule has 0 spiro atoms. The van der Waals surface area contributed by atoms with Gasteiger partial charge < -0.3 is 5.32 Å². The van der Waals surface area contributed by atoms with E-state index >= 15 is 0 Å². The zero-order valence-corrected chi connectivity index (χ0v) is 13.5. The van der Waals surface area contributed by atoms with Crippen molar-refractivity contribution < 1.29 is 22.8 Å². The summed E-state index contributed by atoms with van der Waals surface area (Å²) in [7, 11) is 0. The van der Waals surface area contributed by atoms with Gasteiger partial charge in [0.1, 0.15) is 6.54 Å². The Morgan fingerprint density at radius 2 is 1.77 bits per heavy atom. The Labute approximate surface area is 147 Å². The van der Waals surface area contributed by atoms with E-state index in [4.69, 9.17) is 0 Å². The lowest BCUT2D eigenvalue weighted by Gasteiger charge is -2.25. The van der Waals surface area contributed by atoms with Crippen LogP contribution in [0.25, 0.3) is 0 Å². The molecule has 8 heteroatoms. The molecule has 2 aromatic rings. The molecule has 0 atom stereocenters. The van der Waals surface area contributed by atoms with Crippen molar-refractivity contribution in [3.8, 4) is 0 Å². The standard InChI is InChI=1S/C18H14F3N3O2/c19-18(20,21)11-24-15(25)10-22-17(23-24)14-8-4-7-13(9-14)16(26)12-5-2-1-3-6-12/h1-9H,10-11H2,(H,22,23). The molecule has 0 aliphatic carbocycles. The molecule has 0 bridgehead atoms. The topological polar surface area (TPSA) is 61.8 Å². The number of nitrogens with one attached hydrogen (secondary N) is 1. The Morgan fingerprint density at radius 3 is 2.46 bits per heavy atom. The fourth-order valence-corrected chi connectivity index (χ4v) is 2.48. The molecule has 0 aromatic heterocycles. The second kappa shape index (κ2) is 6.99. The molecule has 3 rings (SSSR count). The average molecular weight is 361 g/mol. The minimum Gasteiger partial charge on any atom is -0.359 e. The van der Waals surface area contributed by atoms with Crippen molar-refractivity contribution in [1.82, 2.24) is 10.3 Å². The molecule has 1 aliphatic rings. The normalized spacial score (nSPS) is 14.7. The van der Waals surface area contributed by atoms with E-state index in [1.165, 1.54) is 6.07 Å². The van der Waals surface area contributed by atoms with Crippen molar-refractivity contribution in [2.24, 2.45) is 5.10 Å². The number of alkyl halides is 3. The monoisotopic (exact) mass is 361 g/mol. The van der Waals surface area contributed by atoms with Gasteiger partial charge in [-0.1, -0.05) is 48.5 Å². The minimum absolute atomic E-state index is 0.108. The van der Waals surface area contributed by atoms with E-state index in [0.717, 1.165) is 0 Å². The lowest BCUT2D eigenvalue weighted by molar-refractivity contribution is -0.161. The van der Waals surface area contributed by atoms with Crippen LogP contribution in [0.5, 0.6) is 0 Å². The van der Waals surface area contributed by atoms with Crippen LogP contribution in [-0.4, -0.2) is 41.8 Å². The number of hydrogen-bond donors (Lipinski definition) is 1. The summed E-state index contributed by atoms with van der Waals surface area (Å²) in [6, 6.07) is 15.0. The average Bonchev–Trinajstić information content (AvgIpc) is 2.63. The number of carbonyl (C=O) groups excluding carboxylic acids is 2. The van der Waals surface area contributed by atoms with Gasteiger partial charge in [-0.3, -0.25) is 9.59 Å². The van der Waals surface area contributed by atoms with Gasteiger partial charge in [0.25, 0.3) is 5.91 Å². The molecule has 1 amide bonds. The number of carbonyl (C=O) groups is 2. The van der Waals surface area contributed by atoms with Gasteiger partial charge in [0, 0.05) is 16.7 Å². The van der Waals surface area contributed by atoms with E-state index in [2.05, 4.69) is 10.4 Å². The summed E-state index contributed by atoms with van der Waals surface area (Å²) in [6.07, 6.45) is -4.55. The Morgan fingerprint density at radius 1 is 1.08 bits per heavy atom. The molecule has 0 saturated carbocycles. The highest BCUT2D eigenvalue weighted by Gasteiger charge is 2.35. The number of hydrazone groups is 1. The SMILES string of the molecule is O=C(c1ccccc1)c1cccc(C2=NN(CC(F)(F)F)C(=O)CN2)c1. The molecule has 1 N–H and O–H groups in total. The van der Waals surface area contributed by atoms with Gasteiger partial charge in [-0.2, -0.15) is 18.3 Å². The fourth-order valence-electron chi connectivity index (χ4n) is 2.48. The second-order valence-electron chi connectivity index (χ2n) is 5.64. The molecular weight excluding hydrogens is 347 g/mol. The van der Waals surface area contributed by atoms with Gasteiger partial charge in [-0.05, 0) is 6.07 Å². The summed E-state index contributed by atoms with van der Waals surface area (Å²) in [6.45, 7) is -1.76. The molecule has 0 fully saturated rings. The lowest BCUT2D eigenvalue weighted by Crippen LogP contribution is -2.47. The van der Waals surface area contributed by atoms with Crippen molar-refractivity contribution in [3.63, 3.8) is 0 Å². The summed E-state index contributed by atoms with van der Waals surface area (Å²) in [5.74, 6) is -0.883. The number of amides is 1. The maximum absolute atomic E-state index is 12.6. The zero-order valence-electron chi connectivity index (χ0n) is 13.5. The zero-order chi connectivity index (χ0) is 18.7. The van der Waals surface area contributed by atoms with Crippen LogP contribution < -0.4 is 5.32 Å². The van der Waals surface area contributed by atoms with Gasteiger partial charge >= 0.3 is 6.18 Å². The highest BCUT2D eigenvalue weighted by Crippen LogP contribution is 2.19. The van der Waals surface area contributed by atoms with Crippen LogP contribution in [0, 0.1) is 0 Å². The van der Waals surface area contributed by atoms with Crippen molar-refractivity contribution in [2.45, 2.75) is 6.18 Å². The first kappa shape index (κ1) is 17.7. The van der Waals surface area contributed by atoms with Crippen LogP contribution in [0.1, 0.15) is 21.5 Å². The predicted octanol–water partition coefficient (Wildman–Crippen LogP) is 2.57.